The summed E-state index contributed by atoms with van der Waals surface area (Å²) in [6.07, 6.45) is 3.53. The number of fused-ring (bicyclic) bond motifs is 1. The number of hydrogen-bond acceptors (Lipinski definition) is 4. The molecule has 2 fully saturated rings. The van der Waals surface area contributed by atoms with Crippen molar-refractivity contribution in [3.63, 3.8) is 0 Å². The Labute approximate surface area is 170 Å². The van der Waals surface area contributed by atoms with E-state index in [0.717, 1.165) is 44.3 Å². The fraction of sp³-hybridized carbons (Fsp3) is 0.571. The number of likely N-dealkylation sites (tertiary alicyclic amines) is 2. The Balaban J connectivity index is 1.30. The van der Waals surface area contributed by atoms with Gasteiger partial charge in [-0.15, -0.1) is 11.3 Å². The van der Waals surface area contributed by atoms with Crippen LogP contribution in [-0.4, -0.2) is 71.9 Å². The van der Waals surface area contributed by atoms with Crippen LogP contribution in [0, 0.1) is 5.92 Å². The zero-order valence-corrected chi connectivity index (χ0v) is 17.5. The van der Waals surface area contributed by atoms with Crippen molar-refractivity contribution < 1.29 is 9.59 Å². The van der Waals surface area contributed by atoms with Crippen molar-refractivity contribution in [2.75, 3.05) is 40.3 Å². The molecule has 2 aliphatic heterocycles. The molecule has 0 saturated carbocycles. The van der Waals surface area contributed by atoms with Crippen molar-refractivity contribution in [2.45, 2.75) is 31.6 Å². The summed E-state index contributed by atoms with van der Waals surface area (Å²) in [5.74, 6) is 0.797. The first-order valence-electron chi connectivity index (χ1n) is 10.1. The first-order chi connectivity index (χ1) is 13.5. The standard InChI is InChI=1S/C21H28N4O2S/c1-23(2)21(27)25-13-9-16(10-14-25)20(26)24-11-7-15(8-12-24)19-22-17-5-3-4-6-18(17)28-19/h3-6,15-16H,7-14H2,1-2H3. The molecule has 2 aromatic rings. The number of nitrogens with zero attached hydrogens (tertiary/aromatic N) is 4. The number of carbonyl (C=O) groups excluding carboxylic acids is 2. The number of aromatic nitrogens is 1. The molecule has 0 radical (unpaired) electrons. The third-order valence-electron chi connectivity index (χ3n) is 5.96. The lowest BCUT2D eigenvalue weighted by atomic mass is 9.92. The van der Waals surface area contributed by atoms with Crippen LogP contribution in [0.1, 0.15) is 36.6 Å². The van der Waals surface area contributed by atoms with Crippen LogP contribution in [0.5, 0.6) is 0 Å². The van der Waals surface area contributed by atoms with Crippen LogP contribution in [0.15, 0.2) is 24.3 Å². The van der Waals surface area contributed by atoms with E-state index in [2.05, 4.69) is 18.2 Å². The van der Waals surface area contributed by atoms with Gasteiger partial charge in [-0.2, -0.15) is 0 Å². The fourth-order valence-corrected chi connectivity index (χ4v) is 5.41. The smallest absolute Gasteiger partial charge is 0.319 e. The largest absolute Gasteiger partial charge is 0.342 e. The Morgan fingerprint density at radius 1 is 1.00 bits per heavy atom. The van der Waals surface area contributed by atoms with Crippen molar-refractivity contribution in [1.29, 1.82) is 0 Å². The molecule has 1 aromatic heterocycles. The zero-order valence-electron chi connectivity index (χ0n) is 16.6. The molecule has 0 aliphatic carbocycles. The monoisotopic (exact) mass is 400 g/mol. The molecule has 3 heterocycles. The maximum atomic E-state index is 12.9. The molecule has 6 nitrogen and oxygen atoms in total. The SMILES string of the molecule is CN(C)C(=O)N1CCC(C(=O)N2CCC(c3nc4ccccc4s3)CC2)CC1. The van der Waals surface area contributed by atoms with E-state index < -0.39 is 0 Å². The Hall–Kier alpha value is -2.15. The zero-order chi connectivity index (χ0) is 19.7. The number of carbonyl (C=O) groups is 2. The number of benzene rings is 1. The summed E-state index contributed by atoms with van der Waals surface area (Å²) in [6, 6.07) is 8.33. The van der Waals surface area contributed by atoms with Gasteiger partial charge in [0.2, 0.25) is 5.91 Å². The molecule has 28 heavy (non-hydrogen) atoms. The molecule has 150 valence electrons. The van der Waals surface area contributed by atoms with Gasteiger partial charge in [0.15, 0.2) is 0 Å². The summed E-state index contributed by atoms with van der Waals surface area (Å²) in [6.45, 7) is 2.98. The van der Waals surface area contributed by atoms with Crippen LogP contribution in [0.3, 0.4) is 0 Å². The molecule has 2 saturated heterocycles. The second-order valence-corrected chi connectivity index (χ2v) is 9.12. The molecule has 2 aliphatic rings. The molecule has 1 aromatic carbocycles. The van der Waals surface area contributed by atoms with E-state index >= 15 is 0 Å². The van der Waals surface area contributed by atoms with Gasteiger partial charge in [0, 0.05) is 52.1 Å². The van der Waals surface area contributed by atoms with Crippen molar-refractivity contribution in [2.24, 2.45) is 5.92 Å². The van der Waals surface area contributed by atoms with Crippen molar-refractivity contribution >= 4 is 33.5 Å². The third kappa shape index (κ3) is 3.85. The molecule has 4 rings (SSSR count). The molecule has 0 N–H and O–H groups in total. The predicted molar refractivity (Wildman–Crippen MR) is 112 cm³/mol. The molecule has 0 atom stereocenters. The molecular formula is C21H28N4O2S. The minimum Gasteiger partial charge on any atom is -0.342 e. The van der Waals surface area contributed by atoms with Crippen LogP contribution in [0.2, 0.25) is 0 Å². The number of para-hydroxylation sites is 1. The second-order valence-electron chi connectivity index (χ2n) is 8.06. The Kier molecular flexibility index (Phi) is 5.53. The minimum atomic E-state index is 0.0440. The number of hydrogen-bond donors (Lipinski definition) is 0. The second kappa shape index (κ2) is 8.07. The summed E-state index contributed by atoms with van der Waals surface area (Å²) in [4.78, 5) is 35.3. The number of rotatable bonds is 2. The summed E-state index contributed by atoms with van der Waals surface area (Å²) in [7, 11) is 3.55. The summed E-state index contributed by atoms with van der Waals surface area (Å²) < 4.78 is 1.25. The Morgan fingerprint density at radius 2 is 1.64 bits per heavy atom. The van der Waals surface area contributed by atoms with Gasteiger partial charge in [0.1, 0.15) is 0 Å². The van der Waals surface area contributed by atoms with Crippen LogP contribution in [-0.2, 0) is 4.79 Å². The number of urea groups is 1. The van der Waals surface area contributed by atoms with E-state index in [-0.39, 0.29) is 17.9 Å². The van der Waals surface area contributed by atoms with Crippen molar-refractivity contribution in [3.8, 4) is 0 Å². The molecule has 7 heteroatoms. The highest BCUT2D eigenvalue weighted by atomic mass is 32.1. The van der Waals surface area contributed by atoms with E-state index in [9.17, 15) is 9.59 Å². The van der Waals surface area contributed by atoms with E-state index in [0.29, 0.717) is 19.0 Å². The van der Waals surface area contributed by atoms with Gasteiger partial charge < -0.3 is 14.7 Å². The summed E-state index contributed by atoms with van der Waals surface area (Å²) in [5, 5.41) is 1.21. The van der Waals surface area contributed by atoms with Gasteiger partial charge in [0.05, 0.1) is 15.2 Å². The third-order valence-corrected chi connectivity index (χ3v) is 7.16. The highest BCUT2D eigenvalue weighted by Gasteiger charge is 2.33. The summed E-state index contributed by atoms with van der Waals surface area (Å²) in [5.41, 5.74) is 1.08. The highest BCUT2D eigenvalue weighted by molar-refractivity contribution is 7.18. The topological polar surface area (TPSA) is 56.8 Å². The van der Waals surface area contributed by atoms with Crippen LogP contribution in [0.25, 0.3) is 10.2 Å². The van der Waals surface area contributed by atoms with Gasteiger partial charge in [-0.05, 0) is 37.8 Å². The van der Waals surface area contributed by atoms with Gasteiger partial charge in [-0.1, -0.05) is 12.1 Å². The van der Waals surface area contributed by atoms with Crippen LogP contribution >= 0.6 is 11.3 Å². The molecular weight excluding hydrogens is 372 g/mol. The summed E-state index contributed by atoms with van der Waals surface area (Å²) >= 11 is 1.79. The average molecular weight is 401 g/mol. The number of thiazole rings is 1. The van der Waals surface area contributed by atoms with Crippen molar-refractivity contribution in [3.05, 3.63) is 29.3 Å². The van der Waals surface area contributed by atoms with Gasteiger partial charge >= 0.3 is 6.03 Å². The quantitative estimate of drug-likeness (QED) is 0.776. The van der Waals surface area contributed by atoms with E-state index in [1.54, 1.807) is 30.3 Å². The van der Waals surface area contributed by atoms with Crippen LogP contribution < -0.4 is 0 Å². The Bertz CT molecular complexity index is 816. The number of piperidine rings is 2. The first-order valence-corrected chi connectivity index (χ1v) is 10.9. The lowest BCUT2D eigenvalue weighted by molar-refractivity contribution is -0.138. The average Bonchev–Trinajstić information content (AvgIpc) is 3.17. The van der Waals surface area contributed by atoms with E-state index in [4.69, 9.17) is 4.98 Å². The van der Waals surface area contributed by atoms with Gasteiger partial charge in [0.25, 0.3) is 0 Å². The van der Waals surface area contributed by atoms with E-state index in [1.807, 2.05) is 15.9 Å². The lowest BCUT2D eigenvalue weighted by Crippen LogP contribution is -2.48. The molecule has 3 amide bonds. The van der Waals surface area contributed by atoms with Gasteiger partial charge in [-0.3, -0.25) is 4.79 Å². The lowest BCUT2D eigenvalue weighted by Gasteiger charge is -2.37. The maximum absolute atomic E-state index is 12.9. The maximum Gasteiger partial charge on any atom is 0.319 e. The van der Waals surface area contributed by atoms with Crippen molar-refractivity contribution in [1.82, 2.24) is 19.7 Å². The molecule has 0 bridgehead atoms. The normalized spacial score (nSPS) is 19.2. The predicted octanol–water partition coefficient (Wildman–Crippen LogP) is 3.40. The number of amides is 3. The fourth-order valence-electron chi connectivity index (χ4n) is 4.27. The van der Waals surface area contributed by atoms with E-state index in [1.165, 1.54) is 9.71 Å². The van der Waals surface area contributed by atoms with Crippen LogP contribution in [0.4, 0.5) is 4.79 Å². The molecule has 0 unspecified atom stereocenters. The molecule has 0 spiro atoms. The van der Waals surface area contributed by atoms with Gasteiger partial charge in [-0.25, -0.2) is 9.78 Å². The first kappa shape index (κ1) is 19.2. The highest BCUT2D eigenvalue weighted by Crippen LogP contribution is 2.34. The minimum absolute atomic E-state index is 0.0440. The Morgan fingerprint density at radius 3 is 2.29 bits per heavy atom.